The number of nitro groups is 1. The van der Waals surface area contributed by atoms with Gasteiger partial charge in [0.15, 0.2) is 0 Å². The molecule has 0 aliphatic heterocycles. The fourth-order valence-corrected chi connectivity index (χ4v) is 4.49. The SMILES string of the molecule is CC[C@H]1CCc2c(sc(NC(=O)[C@@H](C)n3cc([N+](=O)[O-])cn3)c2C#N)C1. The molecule has 0 saturated carbocycles. The molecule has 2 atom stereocenters. The lowest BCUT2D eigenvalue weighted by atomic mass is 9.86. The summed E-state index contributed by atoms with van der Waals surface area (Å²) < 4.78 is 1.25. The first-order valence-corrected chi connectivity index (χ1v) is 9.30. The van der Waals surface area contributed by atoms with Crippen molar-refractivity contribution in [1.29, 1.82) is 5.26 Å². The predicted octanol–water partition coefficient (Wildman–Crippen LogP) is 3.44. The van der Waals surface area contributed by atoms with E-state index in [-0.39, 0.29) is 11.6 Å². The van der Waals surface area contributed by atoms with Crippen molar-refractivity contribution in [2.45, 2.75) is 45.6 Å². The van der Waals surface area contributed by atoms with E-state index in [1.165, 1.54) is 27.1 Å². The molecular formula is C17H19N5O3S. The number of hydrogen-bond acceptors (Lipinski definition) is 6. The average molecular weight is 373 g/mol. The summed E-state index contributed by atoms with van der Waals surface area (Å²) in [6, 6.07) is 1.50. The average Bonchev–Trinajstić information content (AvgIpc) is 3.24. The van der Waals surface area contributed by atoms with Crippen molar-refractivity contribution < 1.29 is 9.72 Å². The lowest BCUT2D eigenvalue weighted by Crippen LogP contribution is -2.24. The Bertz CT molecular complexity index is 895. The molecule has 1 N–H and O–H groups in total. The quantitative estimate of drug-likeness (QED) is 0.637. The molecule has 8 nitrogen and oxygen atoms in total. The standard InChI is InChI=1S/C17H19N5O3S/c1-3-11-4-5-13-14(7-18)17(26-15(13)6-11)20-16(23)10(2)21-9-12(8-19-21)22(24)25/h8-11H,3-6H2,1-2H3,(H,20,23)/t10-,11+/m1/s1. The van der Waals surface area contributed by atoms with Crippen molar-refractivity contribution in [3.05, 3.63) is 38.5 Å². The maximum atomic E-state index is 12.5. The molecule has 0 spiro atoms. The van der Waals surface area contributed by atoms with Crippen LogP contribution in [0, 0.1) is 27.4 Å². The number of nitrogens with one attached hydrogen (secondary N) is 1. The molecule has 1 aliphatic rings. The van der Waals surface area contributed by atoms with Crippen LogP contribution in [-0.2, 0) is 17.6 Å². The van der Waals surface area contributed by atoms with Gasteiger partial charge in [-0.25, -0.2) is 0 Å². The van der Waals surface area contributed by atoms with Crippen molar-refractivity contribution in [1.82, 2.24) is 9.78 Å². The second kappa shape index (κ2) is 7.25. The number of fused-ring (bicyclic) bond motifs is 1. The highest BCUT2D eigenvalue weighted by Gasteiger charge is 2.27. The fraction of sp³-hybridized carbons (Fsp3) is 0.471. The first-order chi connectivity index (χ1) is 12.4. The van der Waals surface area contributed by atoms with Gasteiger partial charge in [0, 0.05) is 4.88 Å². The number of anilines is 1. The minimum absolute atomic E-state index is 0.167. The zero-order valence-corrected chi connectivity index (χ0v) is 15.4. The van der Waals surface area contributed by atoms with E-state index in [0.29, 0.717) is 16.5 Å². The molecule has 2 aromatic heterocycles. The Kier molecular flexibility index (Phi) is 5.04. The zero-order chi connectivity index (χ0) is 18.8. The van der Waals surface area contributed by atoms with Gasteiger partial charge in [0.1, 0.15) is 29.5 Å². The van der Waals surface area contributed by atoms with Crippen LogP contribution in [0.25, 0.3) is 0 Å². The summed E-state index contributed by atoms with van der Waals surface area (Å²) in [7, 11) is 0. The molecule has 1 aliphatic carbocycles. The van der Waals surface area contributed by atoms with Gasteiger partial charge in [0.05, 0.1) is 10.5 Å². The Balaban J connectivity index is 1.80. The molecular weight excluding hydrogens is 354 g/mol. The molecule has 2 heterocycles. The third kappa shape index (κ3) is 3.32. The van der Waals surface area contributed by atoms with E-state index in [4.69, 9.17) is 0 Å². The monoisotopic (exact) mass is 373 g/mol. The predicted molar refractivity (Wildman–Crippen MR) is 97.1 cm³/mol. The van der Waals surface area contributed by atoms with Crippen molar-refractivity contribution in [2.75, 3.05) is 5.32 Å². The van der Waals surface area contributed by atoms with Crippen LogP contribution >= 0.6 is 11.3 Å². The number of nitriles is 1. The number of amides is 1. The van der Waals surface area contributed by atoms with E-state index in [1.54, 1.807) is 6.92 Å². The van der Waals surface area contributed by atoms with Crippen molar-refractivity contribution in [2.24, 2.45) is 5.92 Å². The molecule has 0 bridgehead atoms. The maximum Gasteiger partial charge on any atom is 0.307 e. The summed E-state index contributed by atoms with van der Waals surface area (Å²) in [5, 5.41) is 27.6. The second-order valence-corrected chi connectivity index (χ2v) is 7.54. The molecule has 0 fully saturated rings. The second-order valence-electron chi connectivity index (χ2n) is 6.44. The highest BCUT2D eigenvalue weighted by Crippen LogP contribution is 2.40. The number of aromatic nitrogens is 2. The van der Waals surface area contributed by atoms with E-state index < -0.39 is 11.0 Å². The topological polar surface area (TPSA) is 114 Å². The van der Waals surface area contributed by atoms with Crippen LogP contribution in [0.4, 0.5) is 10.7 Å². The third-order valence-corrected chi connectivity index (χ3v) is 6.04. The lowest BCUT2D eigenvalue weighted by Gasteiger charge is -2.20. The number of carbonyl (C=O) groups is 1. The minimum atomic E-state index is -0.724. The van der Waals surface area contributed by atoms with Crippen molar-refractivity contribution >= 4 is 27.9 Å². The Hall–Kier alpha value is -2.73. The number of carbonyl (C=O) groups excluding carboxylic acids is 1. The molecule has 0 radical (unpaired) electrons. The minimum Gasteiger partial charge on any atom is -0.315 e. The maximum absolute atomic E-state index is 12.5. The lowest BCUT2D eigenvalue weighted by molar-refractivity contribution is -0.385. The van der Waals surface area contributed by atoms with Crippen LogP contribution in [0.15, 0.2) is 12.4 Å². The molecule has 0 aromatic carbocycles. The highest BCUT2D eigenvalue weighted by molar-refractivity contribution is 7.16. The van der Waals surface area contributed by atoms with Gasteiger partial charge >= 0.3 is 5.69 Å². The summed E-state index contributed by atoms with van der Waals surface area (Å²) in [4.78, 5) is 23.9. The van der Waals surface area contributed by atoms with E-state index in [9.17, 15) is 20.2 Å². The van der Waals surface area contributed by atoms with Crippen molar-refractivity contribution in [3.8, 4) is 6.07 Å². The Labute approximate surface area is 154 Å². The number of nitrogens with zero attached hydrogens (tertiary/aromatic N) is 4. The summed E-state index contributed by atoms with van der Waals surface area (Å²) in [6.07, 6.45) is 6.32. The number of thiophene rings is 1. The first kappa shape index (κ1) is 18.1. The summed E-state index contributed by atoms with van der Waals surface area (Å²) in [6.45, 7) is 3.78. The van der Waals surface area contributed by atoms with E-state index in [0.717, 1.165) is 37.4 Å². The van der Waals surface area contributed by atoms with Gasteiger partial charge in [-0.05, 0) is 37.7 Å². The molecule has 3 rings (SSSR count). The normalized spacial score (nSPS) is 17.2. The summed E-state index contributed by atoms with van der Waals surface area (Å²) in [5.41, 5.74) is 1.44. The van der Waals surface area contributed by atoms with E-state index >= 15 is 0 Å². The highest BCUT2D eigenvalue weighted by atomic mass is 32.1. The first-order valence-electron chi connectivity index (χ1n) is 8.48. The zero-order valence-electron chi connectivity index (χ0n) is 14.6. The van der Waals surface area contributed by atoms with Crippen LogP contribution < -0.4 is 5.32 Å². The van der Waals surface area contributed by atoms with Gasteiger partial charge in [0.2, 0.25) is 5.91 Å². The Morgan fingerprint density at radius 1 is 1.65 bits per heavy atom. The Morgan fingerprint density at radius 2 is 2.42 bits per heavy atom. The van der Waals surface area contributed by atoms with E-state index in [1.807, 2.05) is 0 Å². The van der Waals surface area contributed by atoms with Gasteiger partial charge < -0.3 is 5.32 Å². The van der Waals surface area contributed by atoms with Gasteiger partial charge in [-0.15, -0.1) is 11.3 Å². The molecule has 1 amide bonds. The van der Waals surface area contributed by atoms with Gasteiger partial charge in [0.25, 0.3) is 0 Å². The molecule has 9 heteroatoms. The third-order valence-electron chi connectivity index (χ3n) is 4.87. The molecule has 2 aromatic rings. The number of rotatable bonds is 5. The van der Waals surface area contributed by atoms with Gasteiger partial charge in [-0.3, -0.25) is 19.6 Å². The molecule has 0 unspecified atom stereocenters. The summed E-state index contributed by atoms with van der Waals surface area (Å²) >= 11 is 1.46. The summed E-state index contributed by atoms with van der Waals surface area (Å²) in [5.74, 6) is 0.268. The largest absolute Gasteiger partial charge is 0.315 e. The van der Waals surface area contributed by atoms with Gasteiger partial charge in [-0.2, -0.15) is 10.4 Å². The van der Waals surface area contributed by atoms with E-state index in [2.05, 4.69) is 23.4 Å². The van der Waals surface area contributed by atoms with Crippen LogP contribution in [-0.4, -0.2) is 20.6 Å². The van der Waals surface area contributed by atoms with Crippen molar-refractivity contribution in [3.63, 3.8) is 0 Å². The van der Waals surface area contributed by atoms with Crippen LogP contribution in [0.1, 0.15) is 48.7 Å². The molecule has 26 heavy (non-hydrogen) atoms. The smallest absolute Gasteiger partial charge is 0.307 e. The van der Waals surface area contributed by atoms with Gasteiger partial charge in [-0.1, -0.05) is 13.3 Å². The van der Waals surface area contributed by atoms with Crippen LogP contribution in [0.2, 0.25) is 0 Å². The number of hydrogen-bond donors (Lipinski definition) is 1. The van der Waals surface area contributed by atoms with Crippen LogP contribution in [0.5, 0.6) is 0 Å². The van der Waals surface area contributed by atoms with Crippen LogP contribution in [0.3, 0.4) is 0 Å². The molecule has 136 valence electrons. The molecule has 0 saturated heterocycles. The fourth-order valence-electron chi connectivity index (χ4n) is 3.18. The Morgan fingerprint density at radius 3 is 3.04 bits per heavy atom.